The van der Waals surface area contributed by atoms with Crippen molar-refractivity contribution in [3.8, 4) is 34.2 Å². The number of rotatable bonds is 7. The first-order valence-corrected chi connectivity index (χ1v) is 10.7. The summed E-state index contributed by atoms with van der Waals surface area (Å²) in [6.45, 7) is 0.539. The third-order valence-corrected chi connectivity index (χ3v) is 5.53. The van der Waals surface area contributed by atoms with Crippen LogP contribution in [0.25, 0.3) is 22.4 Å². The second kappa shape index (κ2) is 9.78. The van der Waals surface area contributed by atoms with Crippen molar-refractivity contribution in [2.45, 2.75) is 5.03 Å². The largest absolute Gasteiger partial charge is 0.493 e. The lowest BCUT2D eigenvalue weighted by Gasteiger charge is -2.13. The molecule has 0 N–H and O–H groups in total. The zero-order chi connectivity index (χ0) is 20.6. The minimum atomic E-state index is 0.539. The van der Waals surface area contributed by atoms with Gasteiger partial charge in [-0.05, 0) is 23.8 Å². The monoisotopic (exact) mass is 408 g/mol. The highest BCUT2D eigenvalue weighted by molar-refractivity contribution is 7.99. The van der Waals surface area contributed by atoms with Crippen molar-refractivity contribution in [2.24, 2.45) is 0 Å². The lowest BCUT2D eigenvalue weighted by atomic mass is 9.99. The van der Waals surface area contributed by atoms with Crippen molar-refractivity contribution in [1.29, 1.82) is 5.26 Å². The van der Waals surface area contributed by atoms with Crippen LogP contribution in [-0.4, -0.2) is 17.3 Å². The Kier molecular flexibility index (Phi) is 6.44. The number of ether oxygens (including phenoxy) is 1. The van der Waals surface area contributed by atoms with Gasteiger partial charge in [-0.3, -0.25) is 0 Å². The zero-order valence-corrected chi connectivity index (χ0v) is 17.2. The molecule has 4 rings (SSSR count). The van der Waals surface area contributed by atoms with E-state index in [4.69, 9.17) is 9.72 Å². The summed E-state index contributed by atoms with van der Waals surface area (Å²) in [5, 5.41) is 10.7. The molecule has 0 atom stereocenters. The molecule has 3 nitrogen and oxygen atoms in total. The molecule has 1 aromatic heterocycles. The molecule has 0 saturated heterocycles. The van der Waals surface area contributed by atoms with Gasteiger partial charge in [-0.15, -0.1) is 11.8 Å². The predicted molar refractivity (Wildman–Crippen MR) is 122 cm³/mol. The molecule has 0 aliphatic heterocycles. The molecule has 0 amide bonds. The third-order valence-electron chi connectivity index (χ3n) is 4.59. The fraction of sp³-hybridized carbons (Fsp3) is 0.0769. The first kappa shape index (κ1) is 19.8. The third kappa shape index (κ3) is 4.71. The lowest BCUT2D eigenvalue weighted by molar-refractivity contribution is 0.344. The van der Waals surface area contributed by atoms with Gasteiger partial charge in [-0.2, -0.15) is 5.26 Å². The molecule has 1 heterocycles. The second-order valence-electron chi connectivity index (χ2n) is 6.59. The van der Waals surface area contributed by atoms with Crippen LogP contribution in [0.15, 0.2) is 102 Å². The van der Waals surface area contributed by atoms with Crippen LogP contribution in [0.4, 0.5) is 0 Å². The van der Waals surface area contributed by atoms with Gasteiger partial charge < -0.3 is 4.74 Å². The SMILES string of the molecule is N#Cc1c(-c2ccccc2)cc(-c2ccccc2)nc1SCCOc1ccccc1. The van der Waals surface area contributed by atoms with E-state index in [2.05, 4.69) is 6.07 Å². The lowest BCUT2D eigenvalue weighted by Crippen LogP contribution is -2.02. The molecule has 0 aliphatic rings. The minimum Gasteiger partial charge on any atom is -0.493 e. The minimum absolute atomic E-state index is 0.539. The average Bonchev–Trinajstić information content (AvgIpc) is 2.83. The van der Waals surface area contributed by atoms with Gasteiger partial charge in [0.25, 0.3) is 0 Å². The summed E-state index contributed by atoms with van der Waals surface area (Å²) < 4.78 is 5.80. The van der Waals surface area contributed by atoms with Gasteiger partial charge in [0.05, 0.1) is 17.9 Å². The summed E-state index contributed by atoms with van der Waals surface area (Å²) in [7, 11) is 0. The summed E-state index contributed by atoms with van der Waals surface area (Å²) in [5.41, 5.74) is 4.40. The van der Waals surface area contributed by atoms with E-state index in [1.54, 1.807) is 11.8 Å². The number of nitrogens with zero attached hydrogens (tertiary/aromatic N) is 2. The van der Waals surface area contributed by atoms with E-state index in [0.717, 1.165) is 33.2 Å². The van der Waals surface area contributed by atoms with Crippen molar-refractivity contribution < 1.29 is 4.74 Å². The van der Waals surface area contributed by atoms with Gasteiger partial charge in [0.1, 0.15) is 16.8 Å². The topological polar surface area (TPSA) is 45.9 Å². The molecule has 0 unspecified atom stereocenters. The van der Waals surface area contributed by atoms with Crippen molar-refractivity contribution in [2.75, 3.05) is 12.4 Å². The predicted octanol–water partition coefficient (Wildman–Crippen LogP) is 6.46. The highest BCUT2D eigenvalue weighted by Crippen LogP contribution is 2.34. The number of hydrogen-bond donors (Lipinski definition) is 0. The molecular weight excluding hydrogens is 388 g/mol. The fourth-order valence-corrected chi connectivity index (χ4v) is 3.97. The van der Waals surface area contributed by atoms with E-state index >= 15 is 0 Å². The molecule has 146 valence electrons. The number of hydrogen-bond acceptors (Lipinski definition) is 4. The van der Waals surface area contributed by atoms with Gasteiger partial charge in [0.15, 0.2) is 0 Å². The summed E-state index contributed by atoms with van der Waals surface area (Å²) in [6.07, 6.45) is 0. The summed E-state index contributed by atoms with van der Waals surface area (Å²) in [6, 6.07) is 34.2. The second-order valence-corrected chi connectivity index (χ2v) is 7.67. The Hall–Kier alpha value is -3.55. The van der Waals surface area contributed by atoms with Gasteiger partial charge >= 0.3 is 0 Å². The first-order valence-electron chi connectivity index (χ1n) is 9.72. The molecule has 0 fully saturated rings. The molecule has 0 spiro atoms. The first-order chi connectivity index (χ1) is 14.8. The van der Waals surface area contributed by atoms with Gasteiger partial charge in [0.2, 0.25) is 0 Å². The van der Waals surface area contributed by atoms with Crippen LogP contribution in [0.1, 0.15) is 5.56 Å². The maximum absolute atomic E-state index is 9.92. The smallest absolute Gasteiger partial charge is 0.119 e. The van der Waals surface area contributed by atoms with E-state index < -0.39 is 0 Å². The van der Waals surface area contributed by atoms with E-state index in [1.807, 2.05) is 97.1 Å². The number of thioether (sulfide) groups is 1. The number of nitriles is 1. The van der Waals surface area contributed by atoms with Crippen LogP contribution < -0.4 is 4.74 Å². The Morgan fingerprint density at radius 2 is 1.40 bits per heavy atom. The number of para-hydroxylation sites is 1. The standard InChI is InChI=1S/C26H20N2OS/c27-19-24-23(20-10-4-1-5-11-20)18-25(21-12-6-2-7-13-21)28-26(24)30-17-16-29-22-14-8-3-9-15-22/h1-15,18H,16-17H2. The van der Waals surface area contributed by atoms with E-state index in [0.29, 0.717) is 17.9 Å². The maximum atomic E-state index is 9.92. The Bertz CT molecular complexity index is 1140. The Labute approximate surface area is 181 Å². The maximum Gasteiger partial charge on any atom is 0.119 e. The highest BCUT2D eigenvalue weighted by atomic mass is 32.2. The molecule has 4 heteroatoms. The Morgan fingerprint density at radius 1 is 0.800 bits per heavy atom. The summed E-state index contributed by atoms with van der Waals surface area (Å²) >= 11 is 1.55. The van der Waals surface area contributed by atoms with Crippen LogP contribution >= 0.6 is 11.8 Å². The van der Waals surface area contributed by atoms with Crippen LogP contribution in [0.2, 0.25) is 0 Å². The van der Waals surface area contributed by atoms with Crippen molar-refractivity contribution in [3.05, 3.63) is 103 Å². The van der Waals surface area contributed by atoms with E-state index in [-0.39, 0.29) is 0 Å². The number of pyridine rings is 1. The normalized spacial score (nSPS) is 10.4. The molecule has 0 bridgehead atoms. The van der Waals surface area contributed by atoms with Crippen LogP contribution in [0, 0.1) is 11.3 Å². The van der Waals surface area contributed by atoms with Crippen molar-refractivity contribution in [1.82, 2.24) is 4.98 Å². The molecule has 4 aromatic rings. The van der Waals surface area contributed by atoms with Crippen LogP contribution in [-0.2, 0) is 0 Å². The Balaban J connectivity index is 1.65. The molecular formula is C26H20N2OS. The highest BCUT2D eigenvalue weighted by Gasteiger charge is 2.15. The summed E-state index contributed by atoms with van der Waals surface area (Å²) in [4.78, 5) is 4.83. The van der Waals surface area contributed by atoms with E-state index in [1.165, 1.54) is 0 Å². The van der Waals surface area contributed by atoms with Gasteiger partial charge in [-0.25, -0.2) is 4.98 Å². The molecule has 0 aliphatic carbocycles. The summed E-state index contributed by atoms with van der Waals surface area (Å²) in [5.74, 6) is 1.54. The Morgan fingerprint density at radius 3 is 2.03 bits per heavy atom. The van der Waals surface area contributed by atoms with Crippen molar-refractivity contribution >= 4 is 11.8 Å². The van der Waals surface area contributed by atoms with Gasteiger partial charge in [-0.1, -0.05) is 78.9 Å². The fourth-order valence-electron chi connectivity index (χ4n) is 3.15. The van der Waals surface area contributed by atoms with Crippen LogP contribution in [0.3, 0.4) is 0 Å². The number of benzene rings is 3. The van der Waals surface area contributed by atoms with Crippen LogP contribution in [0.5, 0.6) is 5.75 Å². The average molecular weight is 409 g/mol. The number of aromatic nitrogens is 1. The quantitative estimate of drug-likeness (QED) is 0.260. The molecule has 30 heavy (non-hydrogen) atoms. The molecule has 0 radical (unpaired) electrons. The van der Waals surface area contributed by atoms with E-state index in [9.17, 15) is 5.26 Å². The zero-order valence-electron chi connectivity index (χ0n) is 16.4. The molecule has 3 aromatic carbocycles. The van der Waals surface area contributed by atoms with Gasteiger partial charge in [0, 0.05) is 16.9 Å². The van der Waals surface area contributed by atoms with Crippen molar-refractivity contribution in [3.63, 3.8) is 0 Å². The molecule has 0 saturated carbocycles.